The van der Waals surface area contributed by atoms with Gasteiger partial charge in [-0.1, -0.05) is 6.07 Å². The number of fused-ring (bicyclic) bond motifs is 4. The molecule has 3 aromatic rings. The highest BCUT2D eigenvalue weighted by atomic mass is 16.2. The van der Waals surface area contributed by atoms with E-state index in [-0.39, 0.29) is 29.2 Å². The lowest BCUT2D eigenvalue weighted by atomic mass is 9.83. The van der Waals surface area contributed by atoms with E-state index in [1.54, 1.807) is 53.4 Å². The summed E-state index contributed by atoms with van der Waals surface area (Å²) in [5.41, 5.74) is 3.47. The molecule has 3 aliphatic heterocycles. The zero-order chi connectivity index (χ0) is 27.8. The van der Waals surface area contributed by atoms with Gasteiger partial charge in [-0.15, -0.1) is 0 Å². The first-order valence-electron chi connectivity index (χ1n) is 13.7. The van der Waals surface area contributed by atoms with Gasteiger partial charge in [0.25, 0.3) is 17.4 Å². The number of carbonyl (C=O) groups excluding carboxylic acids is 3. The van der Waals surface area contributed by atoms with Gasteiger partial charge in [0.05, 0.1) is 11.4 Å². The van der Waals surface area contributed by atoms with E-state index in [0.29, 0.717) is 62.0 Å². The first kappa shape index (κ1) is 25.8. The highest BCUT2D eigenvalue weighted by Gasteiger charge is 2.35. The number of piperidine rings is 1. The van der Waals surface area contributed by atoms with Crippen molar-refractivity contribution in [1.82, 2.24) is 19.4 Å². The Kier molecular flexibility index (Phi) is 6.83. The number of pyridine rings is 2. The molecule has 10 nitrogen and oxygen atoms in total. The average molecular weight is 541 g/mol. The molecular formula is C30H32N6O4. The molecule has 5 heterocycles. The summed E-state index contributed by atoms with van der Waals surface area (Å²) in [5, 5.41) is 3.05. The van der Waals surface area contributed by atoms with Crippen LogP contribution in [0.15, 0.2) is 65.7 Å². The van der Waals surface area contributed by atoms with Crippen LogP contribution in [0.2, 0.25) is 0 Å². The lowest BCUT2D eigenvalue weighted by molar-refractivity contribution is -0.130. The van der Waals surface area contributed by atoms with Gasteiger partial charge in [0.2, 0.25) is 5.91 Å². The Morgan fingerprint density at radius 3 is 2.38 bits per heavy atom. The molecule has 0 radical (unpaired) electrons. The number of anilines is 2. The maximum absolute atomic E-state index is 13.5. The van der Waals surface area contributed by atoms with Gasteiger partial charge >= 0.3 is 0 Å². The SMILES string of the molecule is CC(=O)N1CCN(C(=O)c2ccc(N3CC4CC(C3)c3cccc(=O)n3C4)c(NC(=O)c3ccncc3)c2)CC1. The fourth-order valence-corrected chi connectivity index (χ4v) is 6.24. The van der Waals surface area contributed by atoms with E-state index in [0.717, 1.165) is 24.3 Å². The van der Waals surface area contributed by atoms with Crippen molar-refractivity contribution in [1.29, 1.82) is 0 Å². The first-order chi connectivity index (χ1) is 19.4. The molecule has 2 saturated heterocycles. The van der Waals surface area contributed by atoms with Gasteiger partial charge in [-0.3, -0.25) is 24.2 Å². The van der Waals surface area contributed by atoms with E-state index in [4.69, 9.17) is 0 Å². The lowest BCUT2D eigenvalue weighted by Gasteiger charge is -2.44. The predicted octanol–water partition coefficient (Wildman–Crippen LogP) is 2.42. The molecule has 2 atom stereocenters. The van der Waals surface area contributed by atoms with Crippen molar-refractivity contribution in [2.45, 2.75) is 25.8 Å². The van der Waals surface area contributed by atoms with Gasteiger partial charge < -0.3 is 24.6 Å². The van der Waals surface area contributed by atoms with Crippen molar-refractivity contribution in [2.75, 3.05) is 49.5 Å². The number of piperazine rings is 1. The third-order valence-electron chi connectivity index (χ3n) is 8.27. The van der Waals surface area contributed by atoms with Crippen LogP contribution in [0.5, 0.6) is 0 Å². The summed E-state index contributed by atoms with van der Waals surface area (Å²) in [4.78, 5) is 60.6. The van der Waals surface area contributed by atoms with Crippen LogP contribution in [0.1, 0.15) is 45.7 Å². The Morgan fingerprint density at radius 2 is 1.62 bits per heavy atom. The van der Waals surface area contributed by atoms with Gasteiger partial charge in [0, 0.05) is 93.9 Å². The molecule has 3 aliphatic rings. The van der Waals surface area contributed by atoms with Gasteiger partial charge in [-0.05, 0) is 48.7 Å². The van der Waals surface area contributed by atoms with Crippen molar-refractivity contribution in [2.24, 2.45) is 5.92 Å². The molecule has 1 N–H and O–H groups in total. The minimum Gasteiger partial charge on any atom is -0.369 e. The fraction of sp³-hybridized carbons (Fsp3) is 0.367. The molecule has 10 heteroatoms. The minimum absolute atomic E-state index is 0.0105. The summed E-state index contributed by atoms with van der Waals surface area (Å²) in [5.74, 6) is 0.102. The summed E-state index contributed by atoms with van der Waals surface area (Å²) in [6.07, 6.45) is 4.16. The van der Waals surface area contributed by atoms with Crippen molar-refractivity contribution in [3.8, 4) is 0 Å². The Bertz CT molecular complexity index is 1510. The Balaban J connectivity index is 1.30. The number of amides is 3. The first-order valence-corrected chi connectivity index (χ1v) is 13.7. The molecular weight excluding hydrogens is 508 g/mol. The molecule has 2 bridgehead atoms. The zero-order valence-electron chi connectivity index (χ0n) is 22.5. The maximum Gasteiger partial charge on any atom is 0.255 e. The van der Waals surface area contributed by atoms with E-state index in [2.05, 4.69) is 15.2 Å². The molecule has 0 spiro atoms. The van der Waals surface area contributed by atoms with Crippen LogP contribution in [0.3, 0.4) is 0 Å². The molecule has 6 rings (SSSR count). The summed E-state index contributed by atoms with van der Waals surface area (Å²) < 4.78 is 1.90. The second kappa shape index (κ2) is 10.6. The fourth-order valence-electron chi connectivity index (χ4n) is 6.24. The number of rotatable bonds is 4. The normalized spacial score (nSPS) is 20.1. The van der Waals surface area contributed by atoms with E-state index >= 15 is 0 Å². The lowest BCUT2D eigenvalue weighted by Crippen LogP contribution is -2.50. The average Bonchev–Trinajstić information content (AvgIpc) is 2.97. The van der Waals surface area contributed by atoms with Crippen LogP contribution in [-0.4, -0.2) is 76.3 Å². The number of aromatic nitrogens is 2. The van der Waals surface area contributed by atoms with E-state index < -0.39 is 0 Å². The molecule has 0 aliphatic carbocycles. The monoisotopic (exact) mass is 540 g/mol. The number of benzene rings is 1. The molecule has 3 amide bonds. The van der Waals surface area contributed by atoms with Crippen LogP contribution >= 0.6 is 0 Å². The molecule has 2 unspecified atom stereocenters. The van der Waals surface area contributed by atoms with E-state index in [9.17, 15) is 19.2 Å². The van der Waals surface area contributed by atoms with E-state index in [1.807, 2.05) is 28.8 Å². The molecule has 40 heavy (non-hydrogen) atoms. The summed E-state index contributed by atoms with van der Waals surface area (Å²) in [6.45, 7) is 5.61. The molecule has 0 saturated carbocycles. The third-order valence-corrected chi connectivity index (χ3v) is 8.27. The van der Waals surface area contributed by atoms with Crippen molar-refractivity contribution < 1.29 is 14.4 Å². The topological polar surface area (TPSA) is 108 Å². The standard InChI is InChI=1S/C30H32N6O4/c1-20(37)33-11-13-34(14-12-33)30(40)23-5-6-27(25(16-23)32-29(39)22-7-9-31-10-8-22)35-17-21-15-24(19-35)26-3-2-4-28(38)36(26)18-21/h2-10,16,21,24H,11-15,17-19H2,1H3,(H,32,39). The second-order valence-corrected chi connectivity index (χ2v) is 10.8. The molecule has 1 aromatic carbocycles. The second-order valence-electron chi connectivity index (χ2n) is 10.8. The van der Waals surface area contributed by atoms with Crippen LogP contribution in [0, 0.1) is 5.92 Å². The Hall–Kier alpha value is -4.47. The van der Waals surface area contributed by atoms with Gasteiger partial charge in [-0.25, -0.2) is 0 Å². The van der Waals surface area contributed by atoms with Crippen molar-refractivity contribution in [3.63, 3.8) is 0 Å². The molecule has 2 aromatic heterocycles. The number of carbonyl (C=O) groups is 3. The predicted molar refractivity (Wildman–Crippen MR) is 151 cm³/mol. The highest BCUT2D eigenvalue weighted by Crippen LogP contribution is 2.39. The van der Waals surface area contributed by atoms with Crippen LogP contribution in [0.4, 0.5) is 11.4 Å². The number of hydrogen-bond donors (Lipinski definition) is 1. The van der Waals surface area contributed by atoms with Crippen molar-refractivity contribution >= 4 is 29.1 Å². The van der Waals surface area contributed by atoms with Gasteiger partial charge in [-0.2, -0.15) is 0 Å². The zero-order valence-corrected chi connectivity index (χ0v) is 22.5. The van der Waals surface area contributed by atoms with E-state index in [1.165, 1.54) is 0 Å². The van der Waals surface area contributed by atoms with Crippen molar-refractivity contribution in [3.05, 3.63) is 88.1 Å². The van der Waals surface area contributed by atoms with Crippen LogP contribution in [-0.2, 0) is 11.3 Å². The molecule has 2 fully saturated rings. The molecule has 206 valence electrons. The quantitative estimate of drug-likeness (QED) is 0.545. The summed E-state index contributed by atoms with van der Waals surface area (Å²) in [7, 11) is 0. The number of nitrogens with one attached hydrogen (secondary N) is 1. The Labute approximate surface area is 232 Å². The van der Waals surface area contributed by atoms with Crippen LogP contribution < -0.4 is 15.8 Å². The third kappa shape index (κ3) is 4.97. The number of nitrogens with zero attached hydrogens (tertiary/aromatic N) is 5. The summed E-state index contributed by atoms with van der Waals surface area (Å²) >= 11 is 0. The largest absolute Gasteiger partial charge is 0.369 e. The minimum atomic E-state index is -0.280. The van der Waals surface area contributed by atoms with Gasteiger partial charge in [0.1, 0.15) is 0 Å². The maximum atomic E-state index is 13.5. The number of hydrogen-bond acceptors (Lipinski definition) is 6. The highest BCUT2D eigenvalue weighted by molar-refractivity contribution is 6.07. The summed E-state index contributed by atoms with van der Waals surface area (Å²) in [6, 6.07) is 14.3. The smallest absolute Gasteiger partial charge is 0.255 e. The van der Waals surface area contributed by atoms with Crippen LogP contribution in [0.25, 0.3) is 0 Å². The Morgan fingerprint density at radius 1 is 0.875 bits per heavy atom. The van der Waals surface area contributed by atoms with Gasteiger partial charge in [0.15, 0.2) is 0 Å².